The first-order chi connectivity index (χ1) is 9.08. The van der Waals surface area contributed by atoms with Gasteiger partial charge in [-0.1, -0.05) is 18.2 Å². The van der Waals surface area contributed by atoms with Crippen molar-refractivity contribution in [2.24, 2.45) is 5.73 Å². The van der Waals surface area contributed by atoms with Crippen LogP contribution in [0.5, 0.6) is 0 Å². The highest BCUT2D eigenvalue weighted by Gasteiger charge is 2.23. The van der Waals surface area contributed by atoms with Crippen LogP contribution in [0.2, 0.25) is 0 Å². The van der Waals surface area contributed by atoms with Gasteiger partial charge in [0.1, 0.15) is 5.82 Å². The minimum Gasteiger partial charge on any atom is -0.351 e. The summed E-state index contributed by atoms with van der Waals surface area (Å²) in [4.78, 5) is 12.7. The number of amides is 2. The standard InChI is InChI=1S/C14H20FN3O/c1-10(12-4-2-3-5-13(12)15)17-11-6-8-18(9-7-11)14(16)19/h2-5,10-11,17H,6-9H2,1H3,(H2,16,19). The van der Waals surface area contributed by atoms with Gasteiger partial charge in [-0.05, 0) is 25.8 Å². The van der Waals surface area contributed by atoms with Crippen LogP contribution in [0.4, 0.5) is 9.18 Å². The maximum absolute atomic E-state index is 13.7. The van der Waals surface area contributed by atoms with Crippen LogP contribution in [0, 0.1) is 5.82 Å². The van der Waals surface area contributed by atoms with Crippen molar-refractivity contribution in [3.63, 3.8) is 0 Å². The van der Waals surface area contributed by atoms with Crippen LogP contribution in [-0.4, -0.2) is 30.1 Å². The number of carbonyl (C=O) groups excluding carboxylic acids is 1. The molecule has 104 valence electrons. The molecule has 0 saturated carbocycles. The van der Waals surface area contributed by atoms with E-state index in [1.807, 2.05) is 13.0 Å². The lowest BCUT2D eigenvalue weighted by Gasteiger charge is -2.33. The molecule has 0 bridgehead atoms. The lowest BCUT2D eigenvalue weighted by Crippen LogP contribution is -2.47. The summed E-state index contributed by atoms with van der Waals surface area (Å²) in [6.45, 7) is 3.28. The molecular formula is C14H20FN3O. The zero-order chi connectivity index (χ0) is 13.8. The fourth-order valence-electron chi connectivity index (χ4n) is 2.54. The summed E-state index contributed by atoms with van der Waals surface area (Å²) < 4.78 is 13.7. The number of nitrogens with two attached hydrogens (primary N) is 1. The van der Waals surface area contributed by atoms with Gasteiger partial charge >= 0.3 is 6.03 Å². The molecular weight excluding hydrogens is 245 g/mol. The number of hydrogen-bond donors (Lipinski definition) is 2. The summed E-state index contributed by atoms with van der Waals surface area (Å²) in [5.74, 6) is -0.183. The zero-order valence-electron chi connectivity index (χ0n) is 11.1. The summed E-state index contributed by atoms with van der Waals surface area (Å²) >= 11 is 0. The van der Waals surface area contributed by atoms with E-state index in [4.69, 9.17) is 5.73 Å². The molecule has 1 unspecified atom stereocenters. The summed E-state index contributed by atoms with van der Waals surface area (Å²) in [6.07, 6.45) is 1.70. The summed E-state index contributed by atoms with van der Waals surface area (Å²) in [5, 5.41) is 3.42. The van der Waals surface area contributed by atoms with Gasteiger partial charge in [0, 0.05) is 30.7 Å². The molecule has 1 atom stereocenters. The number of piperidine rings is 1. The quantitative estimate of drug-likeness (QED) is 0.878. The molecule has 19 heavy (non-hydrogen) atoms. The second-order valence-corrected chi connectivity index (χ2v) is 5.01. The van der Waals surface area contributed by atoms with E-state index < -0.39 is 0 Å². The van der Waals surface area contributed by atoms with Crippen LogP contribution in [-0.2, 0) is 0 Å². The number of benzene rings is 1. The van der Waals surface area contributed by atoms with Gasteiger partial charge in [0.25, 0.3) is 0 Å². The number of halogens is 1. The molecule has 1 fully saturated rings. The van der Waals surface area contributed by atoms with Crippen molar-refractivity contribution >= 4 is 6.03 Å². The summed E-state index contributed by atoms with van der Waals surface area (Å²) in [6, 6.07) is 6.70. The van der Waals surface area contributed by atoms with Crippen LogP contribution < -0.4 is 11.1 Å². The largest absolute Gasteiger partial charge is 0.351 e. The Morgan fingerprint density at radius 2 is 2.05 bits per heavy atom. The molecule has 1 aromatic rings. The van der Waals surface area contributed by atoms with Crippen molar-refractivity contribution < 1.29 is 9.18 Å². The molecule has 0 spiro atoms. The van der Waals surface area contributed by atoms with Crippen LogP contribution in [0.1, 0.15) is 31.4 Å². The number of urea groups is 1. The van der Waals surface area contributed by atoms with Crippen molar-refractivity contribution in [2.45, 2.75) is 31.8 Å². The van der Waals surface area contributed by atoms with Gasteiger partial charge in [0.05, 0.1) is 0 Å². The molecule has 0 aliphatic carbocycles. The fraction of sp³-hybridized carbons (Fsp3) is 0.500. The highest BCUT2D eigenvalue weighted by Crippen LogP contribution is 2.19. The number of primary amides is 1. The van der Waals surface area contributed by atoms with Gasteiger partial charge in [-0.25, -0.2) is 9.18 Å². The van der Waals surface area contributed by atoms with E-state index in [-0.39, 0.29) is 17.9 Å². The number of rotatable bonds is 3. The van der Waals surface area contributed by atoms with Crippen LogP contribution in [0.3, 0.4) is 0 Å². The third kappa shape index (κ3) is 3.44. The van der Waals surface area contributed by atoms with Crippen LogP contribution in [0.25, 0.3) is 0 Å². The number of nitrogens with zero attached hydrogens (tertiary/aromatic N) is 1. The van der Waals surface area contributed by atoms with Gasteiger partial charge < -0.3 is 16.0 Å². The van der Waals surface area contributed by atoms with Gasteiger partial charge in [-0.2, -0.15) is 0 Å². The van der Waals surface area contributed by atoms with Gasteiger partial charge in [-0.3, -0.25) is 0 Å². The summed E-state index contributed by atoms with van der Waals surface area (Å²) in [5.41, 5.74) is 5.92. The fourth-order valence-corrected chi connectivity index (χ4v) is 2.54. The molecule has 1 aliphatic rings. The van der Waals surface area contributed by atoms with Gasteiger partial charge in [0.15, 0.2) is 0 Å². The molecule has 0 radical (unpaired) electrons. The van der Waals surface area contributed by atoms with E-state index in [0.717, 1.165) is 12.8 Å². The van der Waals surface area contributed by atoms with Crippen LogP contribution >= 0.6 is 0 Å². The minimum absolute atomic E-state index is 0.0358. The topological polar surface area (TPSA) is 58.4 Å². The van der Waals surface area contributed by atoms with E-state index in [1.54, 1.807) is 17.0 Å². The number of likely N-dealkylation sites (tertiary alicyclic amines) is 1. The first-order valence-electron chi connectivity index (χ1n) is 6.63. The number of nitrogens with one attached hydrogen (secondary N) is 1. The zero-order valence-corrected chi connectivity index (χ0v) is 11.1. The monoisotopic (exact) mass is 265 g/mol. The van der Waals surface area contributed by atoms with Gasteiger partial charge in [0.2, 0.25) is 0 Å². The molecule has 1 aromatic carbocycles. The smallest absolute Gasteiger partial charge is 0.314 e. The molecule has 5 heteroatoms. The molecule has 1 heterocycles. The Morgan fingerprint density at radius 1 is 1.42 bits per heavy atom. The van der Waals surface area contributed by atoms with E-state index in [0.29, 0.717) is 24.7 Å². The molecule has 1 saturated heterocycles. The Morgan fingerprint density at radius 3 is 2.63 bits per heavy atom. The van der Waals surface area contributed by atoms with E-state index in [2.05, 4.69) is 5.32 Å². The average molecular weight is 265 g/mol. The Labute approximate surface area is 112 Å². The predicted molar refractivity (Wildman–Crippen MR) is 72.1 cm³/mol. The Hall–Kier alpha value is -1.62. The molecule has 4 nitrogen and oxygen atoms in total. The highest BCUT2D eigenvalue weighted by atomic mass is 19.1. The molecule has 2 amide bonds. The second kappa shape index (κ2) is 6.02. The van der Waals surface area contributed by atoms with E-state index in [1.165, 1.54) is 6.07 Å². The molecule has 1 aliphatic heterocycles. The molecule has 0 aromatic heterocycles. The van der Waals surface area contributed by atoms with Gasteiger partial charge in [-0.15, -0.1) is 0 Å². The maximum Gasteiger partial charge on any atom is 0.314 e. The van der Waals surface area contributed by atoms with E-state index in [9.17, 15) is 9.18 Å². The lowest BCUT2D eigenvalue weighted by atomic mass is 10.0. The van der Waals surface area contributed by atoms with Crippen LogP contribution in [0.15, 0.2) is 24.3 Å². The predicted octanol–water partition coefficient (Wildman–Crippen LogP) is 2.02. The SMILES string of the molecule is CC(NC1CCN(C(N)=O)CC1)c1ccccc1F. The summed E-state index contributed by atoms with van der Waals surface area (Å²) in [7, 11) is 0. The van der Waals surface area contributed by atoms with Crippen molar-refractivity contribution in [3.8, 4) is 0 Å². The third-order valence-electron chi connectivity index (χ3n) is 3.66. The number of hydrogen-bond acceptors (Lipinski definition) is 2. The minimum atomic E-state index is -0.361. The molecule has 3 N–H and O–H groups in total. The Kier molecular flexibility index (Phi) is 4.37. The number of carbonyl (C=O) groups is 1. The lowest BCUT2D eigenvalue weighted by molar-refractivity contribution is 0.183. The van der Waals surface area contributed by atoms with Crippen molar-refractivity contribution in [3.05, 3.63) is 35.6 Å². The average Bonchev–Trinajstić information content (AvgIpc) is 2.39. The highest BCUT2D eigenvalue weighted by molar-refractivity contribution is 5.72. The van der Waals surface area contributed by atoms with Crippen molar-refractivity contribution in [1.29, 1.82) is 0 Å². The third-order valence-corrected chi connectivity index (χ3v) is 3.66. The normalized spacial score (nSPS) is 18.3. The molecule has 2 rings (SSSR count). The van der Waals surface area contributed by atoms with E-state index >= 15 is 0 Å². The maximum atomic E-state index is 13.7. The van der Waals surface area contributed by atoms with Crippen molar-refractivity contribution in [1.82, 2.24) is 10.2 Å². The Balaban J connectivity index is 1.89. The Bertz CT molecular complexity index is 444. The first-order valence-corrected chi connectivity index (χ1v) is 6.63. The van der Waals surface area contributed by atoms with Crippen molar-refractivity contribution in [2.75, 3.05) is 13.1 Å². The second-order valence-electron chi connectivity index (χ2n) is 5.01. The first kappa shape index (κ1) is 13.8.